The van der Waals surface area contributed by atoms with E-state index in [1.54, 1.807) is 54.6 Å². The number of hydrogen-bond acceptors (Lipinski definition) is 6. The van der Waals surface area contributed by atoms with Gasteiger partial charge in [0.2, 0.25) is 0 Å². The summed E-state index contributed by atoms with van der Waals surface area (Å²) in [6.07, 6.45) is 0. The molecule has 0 saturated carbocycles. The predicted octanol–water partition coefficient (Wildman–Crippen LogP) is 4.69. The van der Waals surface area contributed by atoms with E-state index in [9.17, 15) is 19.8 Å². The fourth-order valence-electron chi connectivity index (χ4n) is 3.82. The Balaban J connectivity index is 1.94. The van der Waals surface area contributed by atoms with Crippen molar-refractivity contribution < 1.29 is 29.3 Å². The summed E-state index contributed by atoms with van der Waals surface area (Å²) in [6.45, 7) is 0. The minimum Gasteiger partial charge on any atom is -0.507 e. The zero-order valence-electron chi connectivity index (χ0n) is 17.8. The van der Waals surface area contributed by atoms with Gasteiger partial charge in [0.05, 0.1) is 25.8 Å². The lowest BCUT2D eigenvalue weighted by Crippen LogP contribution is -2.29. The third-order valence-corrected chi connectivity index (χ3v) is 5.65. The number of aromatic hydroxyl groups is 1. The third-order valence-electron chi connectivity index (χ3n) is 5.41. The molecule has 0 aromatic heterocycles. The van der Waals surface area contributed by atoms with Crippen LogP contribution in [0.5, 0.6) is 17.2 Å². The van der Waals surface area contributed by atoms with Crippen LogP contribution < -0.4 is 14.4 Å². The molecule has 1 aliphatic heterocycles. The number of rotatable bonds is 5. The van der Waals surface area contributed by atoms with E-state index in [2.05, 4.69) is 0 Å². The number of anilines is 1. The quantitative estimate of drug-likeness (QED) is 0.322. The number of phenols is 1. The van der Waals surface area contributed by atoms with Crippen LogP contribution in [0.15, 0.2) is 72.3 Å². The van der Waals surface area contributed by atoms with Crippen molar-refractivity contribution in [1.82, 2.24) is 0 Å². The first-order chi connectivity index (χ1) is 15.8. The Kier molecular flexibility index (Phi) is 5.98. The van der Waals surface area contributed by atoms with Gasteiger partial charge in [-0.05, 0) is 60.2 Å². The summed E-state index contributed by atoms with van der Waals surface area (Å²) >= 11 is 6.14. The molecule has 0 aliphatic carbocycles. The molecule has 1 saturated heterocycles. The molecule has 7 nitrogen and oxygen atoms in total. The molecule has 168 valence electrons. The van der Waals surface area contributed by atoms with Gasteiger partial charge in [-0.25, -0.2) is 0 Å². The van der Waals surface area contributed by atoms with Gasteiger partial charge in [-0.2, -0.15) is 0 Å². The second-order valence-corrected chi connectivity index (χ2v) is 7.75. The van der Waals surface area contributed by atoms with E-state index in [1.807, 2.05) is 0 Å². The summed E-state index contributed by atoms with van der Waals surface area (Å²) in [4.78, 5) is 27.5. The highest BCUT2D eigenvalue weighted by Gasteiger charge is 2.47. The molecule has 1 fully saturated rings. The molecule has 1 amide bonds. The van der Waals surface area contributed by atoms with Gasteiger partial charge in [0, 0.05) is 16.3 Å². The molecule has 1 heterocycles. The molecular formula is C25H20ClNO6. The largest absolute Gasteiger partial charge is 0.507 e. The number of ether oxygens (including phenoxy) is 2. The normalized spacial score (nSPS) is 17.3. The van der Waals surface area contributed by atoms with Crippen molar-refractivity contribution in [2.75, 3.05) is 19.1 Å². The average Bonchev–Trinajstić information content (AvgIpc) is 3.09. The first-order valence-electron chi connectivity index (χ1n) is 9.93. The Hall–Kier alpha value is -3.97. The lowest BCUT2D eigenvalue weighted by Gasteiger charge is -2.26. The minimum atomic E-state index is -1.01. The number of aliphatic hydroxyl groups is 1. The maximum absolute atomic E-state index is 13.1. The number of ketones is 1. The third kappa shape index (κ3) is 3.99. The molecule has 3 aromatic rings. The smallest absolute Gasteiger partial charge is 0.300 e. The second kappa shape index (κ2) is 8.88. The minimum absolute atomic E-state index is 0.116. The van der Waals surface area contributed by atoms with Crippen molar-refractivity contribution in [3.05, 3.63) is 88.5 Å². The van der Waals surface area contributed by atoms with E-state index >= 15 is 0 Å². The summed E-state index contributed by atoms with van der Waals surface area (Å²) < 4.78 is 10.3. The van der Waals surface area contributed by atoms with Crippen molar-refractivity contribution in [3.63, 3.8) is 0 Å². The number of phenolic OH excluding ortho intramolecular Hbond substituents is 1. The van der Waals surface area contributed by atoms with E-state index in [4.69, 9.17) is 21.1 Å². The molecule has 1 aliphatic rings. The zero-order valence-corrected chi connectivity index (χ0v) is 18.5. The number of Topliss-reactive ketones (excluding diaryl/α,β-unsaturated/α-hetero) is 1. The van der Waals surface area contributed by atoms with Gasteiger partial charge in [-0.1, -0.05) is 23.7 Å². The SMILES string of the molecule is COc1ccc(/C(O)=C2/C(=O)C(=O)N(c3cccc(Cl)c3)C2c2ccc(OC)c(O)c2)cc1. The number of aliphatic hydroxyl groups excluding tert-OH is 1. The van der Waals surface area contributed by atoms with Crippen molar-refractivity contribution in [2.45, 2.75) is 6.04 Å². The van der Waals surface area contributed by atoms with Crippen LogP contribution in [-0.4, -0.2) is 36.1 Å². The Bertz CT molecular complexity index is 1270. The van der Waals surface area contributed by atoms with Crippen LogP contribution >= 0.6 is 11.6 Å². The van der Waals surface area contributed by atoms with Crippen LogP contribution in [0, 0.1) is 0 Å². The highest BCUT2D eigenvalue weighted by molar-refractivity contribution is 6.51. The summed E-state index contributed by atoms with van der Waals surface area (Å²) in [6, 6.07) is 16.5. The number of nitrogens with zero attached hydrogens (tertiary/aromatic N) is 1. The molecule has 0 radical (unpaired) electrons. The van der Waals surface area contributed by atoms with Gasteiger partial charge in [0.1, 0.15) is 11.5 Å². The predicted molar refractivity (Wildman–Crippen MR) is 124 cm³/mol. The number of hydrogen-bond donors (Lipinski definition) is 2. The fourth-order valence-corrected chi connectivity index (χ4v) is 4.01. The highest BCUT2D eigenvalue weighted by Crippen LogP contribution is 2.44. The van der Waals surface area contributed by atoms with E-state index in [1.165, 1.54) is 31.3 Å². The van der Waals surface area contributed by atoms with E-state index < -0.39 is 17.7 Å². The summed E-state index contributed by atoms with van der Waals surface area (Å²) in [5, 5.41) is 21.9. The molecule has 1 unspecified atom stereocenters. The molecular weight excluding hydrogens is 446 g/mol. The molecule has 8 heteroatoms. The zero-order chi connectivity index (χ0) is 23.7. The molecule has 33 heavy (non-hydrogen) atoms. The van der Waals surface area contributed by atoms with Crippen molar-refractivity contribution in [2.24, 2.45) is 0 Å². The van der Waals surface area contributed by atoms with Gasteiger partial charge in [-0.15, -0.1) is 0 Å². The molecule has 4 rings (SSSR count). The number of methoxy groups -OCH3 is 2. The van der Waals surface area contributed by atoms with Crippen LogP contribution in [0.4, 0.5) is 5.69 Å². The maximum Gasteiger partial charge on any atom is 0.300 e. The highest BCUT2D eigenvalue weighted by atomic mass is 35.5. The Morgan fingerprint density at radius 1 is 0.970 bits per heavy atom. The Morgan fingerprint density at radius 3 is 2.30 bits per heavy atom. The first kappa shape index (κ1) is 22.2. The van der Waals surface area contributed by atoms with Gasteiger partial charge in [0.15, 0.2) is 11.5 Å². The van der Waals surface area contributed by atoms with Gasteiger partial charge in [-0.3, -0.25) is 14.5 Å². The second-order valence-electron chi connectivity index (χ2n) is 7.31. The van der Waals surface area contributed by atoms with E-state index in [0.29, 0.717) is 27.6 Å². The van der Waals surface area contributed by atoms with Crippen molar-refractivity contribution in [1.29, 1.82) is 0 Å². The van der Waals surface area contributed by atoms with Crippen LogP contribution in [0.2, 0.25) is 5.02 Å². The Labute approximate surface area is 195 Å². The van der Waals surface area contributed by atoms with Crippen LogP contribution in [-0.2, 0) is 9.59 Å². The number of benzene rings is 3. The van der Waals surface area contributed by atoms with Gasteiger partial charge < -0.3 is 19.7 Å². The average molecular weight is 466 g/mol. The number of halogens is 1. The standard InChI is InChI=1S/C25H20ClNO6/c1-32-18-9-6-14(7-10-18)23(29)21-22(15-8-11-20(33-2)19(28)12-15)27(25(31)24(21)30)17-5-3-4-16(26)13-17/h3-13,22,28-29H,1-2H3/b23-21-. The number of carbonyl (C=O) groups excluding carboxylic acids is 2. The topological polar surface area (TPSA) is 96.3 Å². The molecule has 1 atom stereocenters. The maximum atomic E-state index is 13.1. The van der Waals surface area contributed by atoms with Crippen LogP contribution in [0.25, 0.3) is 5.76 Å². The molecule has 0 spiro atoms. The van der Waals surface area contributed by atoms with Crippen LogP contribution in [0.3, 0.4) is 0 Å². The van der Waals surface area contributed by atoms with Crippen LogP contribution in [0.1, 0.15) is 17.2 Å². The van der Waals surface area contributed by atoms with E-state index in [-0.39, 0.29) is 22.8 Å². The van der Waals surface area contributed by atoms with Crippen molar-refractivity contribution in [3.8, 4) is 17.2 Å². The Morgan fingerprint density at radius 2 is 1.70 bits per heavy atom. The summed E-state index contributed by atoms with van der Waals surface area (Å²) in [7, 11) is 2.93. The lowest BCUT2D eigenvalue weighted by molar-refractivity contribution is -0.132. The first-order valence-corrected chi connectivity index (χ1v) is 10.3. The van der Waals surface area contributed by atoms with Gasteiger partial charge in [0.25, 0.3) is 11.7 Å². The fraction of sp³-hybridized carbons (Fsp3) is 0.120. The molecule has 2 N–H and O–H groups in total. The van der Waals surface area contributed by atoms with Crippen molar-refractivity contribution >= 4 is 34.7 Å². The monoisotopic (exact) mass is 465 g/mol. The van der Waals surface area contributed by atoms with E-state index in [0.717, 1.165) is 0 Å². The summed E-state index contributed by atoms with van der Waals surface area (Å²) in [5.41, 5.74) is 0.999. The lowest BCUT2D eigenvalue weighted by atomic mass is 9.94. The molecule has 3 aromatic carbocycles. The number of carbonyl (C=O) groups is 2. The molecule has 0 bridgehead atoms. The summed E-state index contributed by atoms with van der Waals surface area (Å²) in [5.74, 6) is -1.40. The number of amides is 1. The van der Waals surface area contributed by atoms with Gasteiger partial charge >= 0.3 is 0 Å².